The number of nitrogen functional groups attached to an aromatic ring is 1. The molecular weight excluding hydrogens is 264 g/mol. The van der Waals surface area contributed by atoms with Gasteiger partial charge in [-0.15, -0.1) is 0 Å². The standard InChI is InChI=1S/C8H9BrN4S/c1-5-2-8(10)12-13(5)4-7-6(9)3-11-14-7/h2-3H,4H2,1H3,(H2,10,12). The maximum Gasteiger partial charge on any atom is 0.145 e. The molecule has 0 aliphatic heterocycles. The predicted molar refractivity (Wildman–Crippen MR) is 60.3 cm³/mol. The van der Waals surface area contributed by atoms with Crippen molar-refractivity contribution in [3.8, 4) is 0 Å². The van der Waals surface area contributed by atoms with Crippen molar-refractivity contribution in [2.75, 3.05) is 5.73 Å². The van der Waals surface area contributed by atoms with Crippen molar-refractivity contribution in [3.05, 3.63) is 27.3 Å². The Morgan fingerprint density at radius 1 is 1.64 bits per heavy atom. The normalized spacial score (nSPS) is 10.7. The monoisotopic (exact) mass is 272 g/mol. The number of nitrogens with two attached hydrogens (primary N) is 1. The Kier molecular flexibility index (Phi) is 2.56. The number of anilines is 1. The van der Waals surface area contributed by atoms with Crippen LogP contribution >= 0.6 is 27.5 Å². The first kappa shape index (κ1) is 9.67. The second kappa shape index (κ2) is 3.70. The van der Waals surface area contributed by atoms with Crippen LogP contribution < -0.4 is 5.73 Å². The van der Waals surface area contributed by atoms with E-state index in [1.54, 1.807) is 6.20 Å². The third-order valence-corrected chi connectivity index (χ3v) is 3.61. The van der Waals surface area contributed by atoms with Gasteiger partial charge in [0.2, 0.25) is 0 Å². The van der Waals surface area contributed by atoms with Gasteiger partial charge in [-0.25, -0.2) is 0 Å². The molecule has 0 fully saturated rings. The first-order valence-electron chi connectivity index (χ1n) is 4.06. The maximum absolute atomic E-state index is 5.59. The number of halogens is 1. The molecule has 0 aliphatic carbocycles. The van der Waals surface area contributed by atoms with Crippen molar-refractivity contribution in [1.82, 2.24) is 14.2 Å². The number of rotatable bonds is 2. The van der Waals surface area contributed by atoms with Crippen molar-refractivity contribution in [3.63, 3.8) is 0 Å². The van der Waals surface area contributed by atoms with Crippen molar-refractivity contribution >= 4 is 33.3 Å². The van der Waals surface area contributed by atoms with Crippen LogP contribution in [-0.4, -0.2) is 14.2 Å². The van der Waals surface area contributed by atoms with E-state index in [1.165, 1.54) is 11.5 Å². The summed E-state index contributed by atoms with van der Waals surface area (Å²) in [7, 11) is 0. The molecule has 2 N–H and O–H groups in total. The zero-order valence-electron chi connectivity index (χ0n) is 7.57. The van der Waals surface area contributed by atoms with Crippen molar-refractivity contribution in [2.24, 2.45) is 0 Å². The average Bonchev–Trinajstić information content (AvgIpc) is 2.62. The maximum atomic E-state index is 5.59. The van der Waals surface area contributed by atoms with Crippen LogP contribution in [0, 0.1) is 6.92 Å². The molecule has 2 rings (SSSR count). The Hall–Kier alpha value is -0.880. The average molecular weight is 273 g/mol. The van der Waals surface area contributed by atoms with Gasteiger partial charge >= 0.3 is 0 Å². The van der Waals surface area contributed by atoms with Crippen molar-refractivity contribution in [2.45, 2.75) is 13.5 Å². The van der Waals surface area contributed by atoms with E-state index in [9.17, 15) is 0 Å². The van der Waals surface area contributed by atoms with Gasteiger partial charge in [0.15, 0.2) is 0 Å². The van der Waals surface area contributed by atoms with Gasteiger partial charge in [0.25, 0.3) is 0 Å². The smallest absolute Gasteiger partial charge is 0.145 e. The summed E-state index contributed by atoms with van der Waals surface area (Å²) in [5, 5.41) is 4.18. The van der Waals surface area contributed by atoms with Gasteiger partial charge in [-0.05, 0) is 34.4 Å². The number of aromatic nitrogens is 3. The highest BCUT2D eigenvalue weighted by Gasteiger charge is 2.06. The van der Waals surface area contributed by atoms with E-state index in [1.807, 2.05) is 17.7 Å². The summed E-state index contributed by atoms with van der Waals surface area (Å²) >= 11 is 4.89. The van der Waals surface area contributed by atoms with Gasteiger partial charge in [-0.3, -0.25) is 4.68 Å². The van der Waals surface area contributed by atoms with E-state index in [0.29, 0.717) is 12.4 Å². The highest BCUT2D eigenvalue weighted by Crippen LogP contribution is 2.21. The van der Waals surface area contributed by atoms with Gasteiger partial charge in [-0.1, -0.05) is 0 Å². The van der Waals surface area contributed by atoms with Crippen LogP contribution in [0.3, 0.4) is 0 Å². The molecule has 74 valence electrons. The van der Waals surface area contributed by atoms with Gasteiger partial charge in [0.05, 0.1) is 22.1 Å². The van der Waals surface area contributed by atoms with E-state index < -0.39 is 0 Å². The minimum atomic E-state index is 0.558. The Bertz CT molecular complexity index is 448. The molecule has 0 atom stereocenters. The fourth-order valence-electron chi connectivity index (χ4n) is 1.19. The molecule has 0 spiro atoms. The lowest BCUT2D eigenvalue weighted by molar-refractivity contribution is 0.674. The topological polar surface area (TPSA) is 56.7 Å². The Morgan fingerprint density at radius 2 is 2.43 bits per heavy atom. The summed E-state index contributed by atoms with van der Waals surface area (Å²) < 4.78 is 6.97. The largest absolute Gasteiger partial charge is 0.382 e. The molecule has 0 radical (unpaired) electrons. The van der Waals surface area contributed by atoms with Gasteiger partial charge in [-0.2, -0.15) is 9.47 Å². The summed E-state index contributed by atoms with van der Waals surface area (Å²) in [6, 6.07) is 1.86. The summed E-state index contributed by atoms with van der Waals surface area (Å²) in [4.78, 5) is 1.15. The van der Waals surface area contributed by atoms with Gasteiger partial charge < -0.3 is 5.73 Å². The van der Waals surface area contributed by atoms with E-state index in [0.717, 1.165) is 15.0 Å². The quantitative estimate of drug-likeness (QED) is 0.911. The van der Waals surface area contributed by atoms with Crippen LogP contribution in [0.4, 0.5) is 5.82 Å². The van der Waals surface area contributed by atoms with Crippen molar-refractivity contribution < 1.29 is 0 Å². The fourth-order valence-corrected chi connectivity index (χ4v) is 2.37. The first-order valence-corrected chi connectivity index (χ1v) is 5.62. The molecule has 2 aromatic rings. The minimum Gasteiger partial charge on any atom is -0.382 e. The molecule has 0 aromatic carbocycles. The number of nitrogens with zero attached hydrogens (tertiary/aromatic N) is 3. The number of aryl methyl sites for hydroxylation is 1. The molecule has 2 heterocycles. The molecule has 6 heteroatoms. The van der Waals surface area contributed by atoms with Crippen molar-refractivity contribution in [1.29, 1.82) is 0 Å². The summed E-state index contributed by atoms with van der Waals surface area (Å²) in [5.41, 5.74) is 6.65. The van der Waals surface area contributed by atoms with E-state index in [4.69, 9.17) is 5.73 Å². The molecular formula is C8H9BrN4S. The molecule has 0 bridgehead atoms. The Balaban J connectivity index is 2.27. The zero-order valence-corrected chi connectivity index (χ0v) is 9.97. The van der Waals surface area contributed by atoms with Crippen LogP contribution in [-0.2, 0) is 6.54 Å². The number of hydrogen-bond donors (Lipinski definition) is 1. The molecule has 0 amide bonds. The SMILES string of the molecule is Cc1cc(N)nn1Cc1sncc1Br. The lowest BCUT2D eigenvalue weighted by Crippen LogP contribution is -2.03. The summed E-state index contributed by atoms with van der Waals surface area (Å²) in [5.74, 6) is 0.558. The summed E-state index contributed by atoms with van der Waals surface area (Å²) in [6.07, 6.45) is 1.79. The Labute approximate surface area is 94.0 Å². The molecule has 0 unspecified atom stereocenters. The predicted octanol–water partition coefficient (Wildman–Crippen LogP) is 2.04. The summed E-state index contributed by atoms with van der Waals surface area (Å²) in [6.45, 7) is 2.70. The zero-order chi connectivity index (χ0) is 10.1. The third kappa shape index (κ3) is 1.80. The molecule has 2 aromatic heterocycles. The highest BCUT2D eigenvalue weighted by molar-refractivity contribution is 9.10. The van der Waals surface area contributed by atoms with E-state index in [2.05, 4.69) is 25.4 Å². The first-order chi connectivity index (χ1) is 6.66. The molecule has 4 nitrogen and oxygen atoms in total. The second-order valence-electron chi connectivity index (χ2n) is 2.97. The van der Waals surface area contributed by atoms with Crippen LogP contribution in [0.2, 0.25) is 0 Å². The second-order valence-corrected chi connectivity index (χ2v) is 4.71. The highest BCUT2D eigenvalue weighted by atomic mass is 79.9. The van der Waals surface area contributed by atoms with Crippen LogP contribution in [0.5, 0.6) is 0 Å². The van der Waals surface area contributed by atoms with Gasteiger partial charge in [0.1, 0.15) is 5.82 Å². The van der Waals surface area contributed by atoms with Crippen LogP contribution in [0.15, 0.2) is 16.7 Å². The van der Waals surface area contributed by atoms with Crippen LogP contribution in [0.25, 0.3) is 0 Å². The Morgan fingerprint density at radius 3 is 2.93 bits per heavy atom. The molecule has 0 saturated heterocycles. The van der Waals surface area contributed by atoms with E-state index >= 15 is 0 Å². The van der Waals surface area contributed by atoms with E-state index in [-0.39, 0.29) is 0 Å². The minimum absolute atomic E-state index is 0.558. The lowest BCUT2D eigenvalue weighted by Gasteiger charge is -2.01. The number of hydrogen-bond acceptors (Lipinski definition) is 4. The molecule has 0 saturated carbocycles. The molecule has 0 aliphatic rings. The molecule has 14 heavy (non-hydrogen) atoms. The van der Waals surface area contributed by atoms with Gasteiger partial charge in [0, 0.05) is 11.8 Å². The van der Waals surface area contributed by atoms with Crippen LogP contribution in [0.1, 0.15) is 10.6 Å². The third-order valence-electron chi connectivity index (χ3n) is 1.89. The lowest BCUT2D eigenvalue weighted by atomic mass is 10.4. The fraction of sp³-hybridized carbons (Fsp3) is 0.250.